The van der Waals surface area contributed by atoms with Crippen molar-refractivity contribution in [3.8, 4) is 0 Å². The molecule has 1 fully saturated rings. The average Bonchev–Trinajstić information content (AvgIpc) is 3.39. The van der Waals surface area contributed by atoms with E-state index in [1.165, 1.54) is 23.5 Å². The highest BCUT2D eigenvalue weighted by atomic mass is 32.1. The van der Waals surface area contributed by atoms with Crippen molar-refractivity contribution in [1.82, 2.24) is 25.1 Å². The Hall–Kier alpha value is -3.07. The van der Waals surface area contributed by atoms with Crippen LogP contribution in [0.4, 0.5) is 10.2 Å². The Morgan fingerprint density at radius 3 is 3.11 bits per heavy atom. The predicted octanol–water partition coefficient (Wildman–Crippen LogP) is 2.49. The van der Waals surface area contributed by atoms with Gasteiger partial charge in [0.1, 0.15) is 18.0 Å². The Kier molecular flexibility index (Phi) is 3.75. The molecule has 0 spiro atoms. The second-order valence-corrected chi connectivity index (χ2v) is 7.61. The molecule has 136 valence electrons. The molecule has 27 heavy (non-hydrogen) atoms. The zero-order valence-corrected chi connectivity index (χ0v) is 15.0. The van der Waals surface area contributed by atoms with Gasteiger partial charge in [-0.2, -0.15) is 4.52 Å². The maximum absolute atomic E-state index is 13.3. The summed E-state index contributed by atoms with van der Waals surface area (Å²) in [6.45, 7) is 1.50. The zero-order valence-electron chi connectivity index (χ0n) is 14.2. The minimum absolute atomic E-state index is 0.0397. The fourth-order valence-corrected chi connectivity index (χ4v) is 4.30. The van der Waals surface area contributed by atoms with E-state index < -0.39 is 0 Å². The van der Waals surface area contributed by atoms with Gasteiger partial charge in [0, 0.05) is 23.8 Å². The number of carbonyl (C=O) groups excluding carboxylic acids is 1. The summed E-state index contributed by atoms with van der Waals surface area (Å²) in [5, 5.41) is 16.1. The van der Waals surface area contributed by atoms with Crippen molar-refractivity contribution in [1.29, 1.82) is 0 Å². The van der Waals surface area contributed by atoms with Crippen LogP contribution >= 0.6 is 11.3 Å². The van der Waals surface area contributed by atoms with Gasteiger partial charge in [-0.05, 0) is 48.2 Å². The van der Waals surface area contributed by atoms with Gasteiger partial charge in [0.2, 0.25) is 0 Å². The number of anilines is 1. The molecule has 0 bridgehead atoms. The number of halogens is 1. The van der Waals surface area contributed by atoms with Gasteiger partial charge in [0.05, 0.1) is 4.88 Å². The summed E-state index contributed by atoms with van der Waals surface area (Å²) in [4.78, 5) is 15.3. The number of nitrogens with one attached hydrogen (secondary N) is 1. The lowest BCUT2D eigenvalue weighted by Gasteiger charge is -2.17. The fourth-order valence-electron chi connectivity index (χ4n) is 3.36. The van der Waals surface area contributed by atoms with E-state index in [9.17, 15) is 9.18 Å². The van der Waals surface area contributed by atoms with Gasteiger partial charge in [0.15, 0.2) is 5.65 Å². The molecule has 5 rings (SSSR count). The van der Waals surface area contributed by atoms with E-state index in [2.05, 4.69) is 25.5 Å². The number of fused-ring (bicyclic) bond motifs is 2. The molecule has 4 aromatic rings. The molecule has 7 nitrogen and oxygen atoms in total. The normalized spacial score (nSPS) is 17.1. The van der Waals surface area contributed by atoms with Crippen LogP contribution in [-0.4, -0.2) is 44.8 Å². The maximum atomic E-state index is 13.3. The van der Waals surface area contributed by atoms with Crippen LogP contribution in [0.2, 0.25) is 0 Å². The standard InChI is InChI=1S/C18H15FN6OS/c19-12-1-2-14-11(7-12)8-15(27-14)18(26)21-13-5-6-24(9-13)17-4-3-16-22-20-10-25(16)23-17/h1-4,7-8,10,13H,5-6,9H2,(H,21,26). The van der Waals surface area contributed by atoms with Gasteiger partial charge in [-0.15, -0.1) is 26.6 Å². The van der Waals surface area contributed by atoms with Crippen LogP contribution in [0.1, 0.15) is 16.1 Å². The number of benzene rings is 1. The third-order valence-electron chi connectivity index (χ3n) is 4.70. The van der Waals surface area contributed by atoms with Gasteiger partial charge in [-0.1, -0.05) is 0 Å². The molecule has 0 aliphatic carbocycles. The lowest BCUT2D eigenvalue weighted by atomic mass is 10.2. The molecular formula is C18H15FN6OS. The van der Waals surface area contributed by atoms with Crippen molar-refractivity contribution < 1.29 is 9.18 Å². The highest BCUT2D eigenvalue weighted by Crippen LogP contribution is 2.27. The van der Waals surface area contributed by atoms with Gasteiger partial charge in [0.25, 0.3) is 5.91 Å². The van der Waals surface area contributed by atoms with E-state index in [0.29, 0.717) is 17.1 Å². The van der Waals surface area contributed by atoms with Crippen LogP contribution in [0.5, 0.6) is 0 Å². The molecule has 0 radical (unpaired) electrons. The third-order valence-corrected chi connectivity index (χ3v) is 5.81. The first-order valence-electron chi connectivity index (χ1n) is 8.58. The molecule has 1 atom stereocenters. The van der Waals surface area contributed by atoms with E-state index in [4.69, 9.17) is 0 Å². The lowest BCUT2D eigenvalue weighted by molar-refractivity contribution is 0.0944. The van der Waals surface area contributed by atoms with Crippen LogP contribution in [0.3, 0.4) is 0 Å². The monoisotopic (exact) mass is 382 g/mol. The third kappa shape index (κ3) is 2.99. The summed E-state index contributed by atoms with van der Waals surface area (Å²) in [6.07, 6.45) is 2.41. The summed E-state index contributed by atoms with van der Waals surface area (Å²) in [7, 11) is 0. The smallest absolute Gasteiger partial charge is 0.261 e. The highest BCUT2D eigenvalue weighted by molar-refractivity contribution is 7.20. The van der Waals surface area contributed by atoms with Crippen LogP contribution in [0, 0.1) is 5.82 Å². The lowest BCUT2D eigenvalue weighted by Crippen LogP contribution is -2.36. The summed E-state index contributed by atoms with van der Waals surface area (Å²) in [5.74, 6) is 0.415. The van der Waals surface area contributed by atoms with Crippen molar-refractivity contribution in [3.63, 3.8) is 0 Å². The van der Waals surface area contributed by atoms with Crippen molar-refractivity contribution in [3.05, 3.63) is 53.4 Å². The average molecular weight is 382 g/mol. The quantitative estimate of drug-likeness (QED) is 0.589. The largest absolute Gasteiger partial charge is 0.353 e. The van der Waals surface area contributed by atoms with Gasteiger partial charge >= 0.3 is 0 Å². The maximum Gasteiger partial charge on any atom is 0.261 e. The molecule has 1 N–H and O–H groups in total. The molecule has 1 saturated heterocycles. The summed E-state index contributed by atoms with van der Waals surface area (Å²) in [5.41, 5.74) is 0.698. The second-order valence-electron chi connectivity index (χ2n) is 6.52. The first-order valence-corrected chi connectivity index (χ1v) is 9.39. The molecule has 1 aliphatic rings. The number of amides is 1. The Labute approximate surface area is 157 Å². The van der Waals surface area contributed by atoms with Gasteiger partial charge < -0.3 is 10.2 Å². The van der Waals surface area contributed by atoms with Crippen molar-refractivity contribution >= 4 is 38.8 Å². The molecule has 0 saturated carbocycles. The zero-order chi connectivity index (χ0) is 18.4. The Balaban J connectivity index is 1.28. The minimum atomic E-state index is -0.295. The number of hydrogen-bond acceptors (Lipinski definition) is 6. The van der Waals surface area contributed by atoms with E-state index >= 15 is 0 Å². The summed E-state index contributed by atoms with van der Waals surface area (Å²) < 4.78 is 15.9. The van der Waals surface area contributed by atoms with Gasteiger partial charge in [-0.25, -0.2) is 4.39 Å². The number of aromatic nitrogens is 4. The van der Waals surface area contributed by atoms with Crippen molar-refractivity contribution in [2.45, 2.75) is 12.5 Å². The molecule has 1 amide bonds. The second kappa shape index (κ2) is 6.27. The highest BCUT2D eigenvalue weighted by Gasteiger charge is 2.26. The predicted molar refractivity (Wildman–Crippen MR) is 101 cm³/mol. The molecule has 3 aromatic heterocycles. The Morgan fingerprint density at radius 1 is 1.26 bits per heavy atom. The summed E-state index contributed by atoms with van der Waals surface area (Å²) in [6, 6.07) is 10.1. The van der Waals surface area contributed by atoms with E-state index in [1.807, 2.05) is 12.1 Å². The Morgan fingerprint density at radius 2 is 2.19 bits per heavy atom. The Bertz CT molecular complexity index is 1160. The van der Waals surface area contributed by atoms with E-state index in [0.717, 1.165) is 28.9 Å². The van der Waals surface area contributed by atoms with Crippen molar-refractivity contribution in [2.24, 2.45) is 0 Å². The topological polar surface area (TPSA) is 75.4 Å². The molecule has 1 aromatic carbocycles. The van der Waals surface area contributed by atoms with Crippen LogP contribution < -0.4 is 10.2 Å². The summed E-state index contributed by atoms with van der Waals surface area (Å²) >= 11 is 1.38. The first-order chi connectivity index (χ1) is 13.2. The number of hydrogen-bond donors (Lipinski definition) is 1. The van der Waals surface area contributed by atoms with E-state index in [-0.39, 0.29) is 17.8 Å². The molecule has 4 heterocycles. The van der Waals surface area contributed by atoms with Gasteiger partial charge in [-0.3, -0.25) is 4.79 Å². The first kappa shape index (κ1) is 16.1. The number of nitrogens with zero attached hydrogens (tertiary/aromatic N) is 5. The van der Waals surface area contributed by atoms with Crippen LogP contribution in [0.15, 0.2) is 42.7 Å². The minimum Gasteiger partial charge on any atom is -0.353 e. The van der Waals surface area contributed by atoms with Crippen molar-refractivity contribution in [2.75, 3.05) is 18.0 Å². The van der Waals surface area contributed by atoms with Crippen LogP contribution in [-0.2, 0) is 0 Å². The number of rotatable bonds is 3. The number of thiophene rings is 1. The van der Waals surface area contributed by atoms with E-state index in [1.54, 1.807) is 23.0 Å². The molecular weight excluding hydrogens is 367 g/mol. The number of carbonyl (C=O) groups is 1. The van der Waals surface area contributed by atoms with Crippen LogP contribution in [0.25, 0.3) is 15.7 Å². The molecule has 9 heteroatoms. The molecule has 1 unspecified atom stereocenters. The fraction of sp³-hybridized carbons (Fsp3) is 0.222. The SMILES string of the molecule is O=C(NC1CCN(c2ccc3nncn3n2)C1)c1cc2cc(F)ccc2s1. The molecule has 1 aliphatic heterocycles.